The molecule has 1 rings (SSSR count). The third-order valence-electron chi connectivity index (χ3n) is 1.12. The SMILES string of the molecule is O=[N+]([O-])OCC1COC1. The summed E-state index contributed by atoms with van der Waals surface area (Å²) in [6.45, 7) is 1.36. The Balaban J connectivity index is 1.97. The monoisotopic (exact) mass is 133 g/mol. The molecule has 0 aromatic rings. The van der Waals surface area contributed by atoms with Gasteiger partial charge in [-0.15, -0.1) is 10.1 Å². The van der Waals surface area contributed by atoms with Gasteiger partial charge in [-0.05, 0) is 0 Å². The number of hydrogen-bond acceptors (Lipinski definition) is 4. The highest BCUT2D eigenvalue weighted by Crippen LogP contribution is 2.09. The fourth-order valence-electron chi connectivity index (χ4n) is 0.547. The summed E-state index contributed by atoms with van der Waals surface area (Å²) >= 11 is 0. The first kappa shape index (κ1) is 6.28. The van der Waals surface area contributed by atoms with Crippen LogP contribution in [0.3, 0.4) is 0 Å². The van der Waals surface area contributed by atoms with Crippen LogP contribution >= 0.6 is 0 Å². The van der Waals surface area contributed by atoms with Crippen LogP contribution in [0.1, 0.15) is 0 Å². The van der Waals surface area contributed by atoms with Crippen LogP contribution in [-0.4, -0.2) is 24.9 Å². The van der Waals surface area contributed by atoms with Gasteiger partial charge in [-0.2, -0.15) is 0 Å². The summed E-state index contributed by atoms with van der Waals surface area (Å²) in [6, 6.07) is 0. The first-order valence-corrected chi connectivity index (χ1v) is 2.64. The zero-order valence-corrected chi connectivity index (χ0v) is 4.78. The van der Waals surface area contributed by atoms with Crippen LogP contribution in [0, 0.1) is 16.0 Å². The molecule has 1 aliphatic rings. The molecule has 0 aliphatic carbocycles. The zero-order valence-electron chi connectivity index (χ0n) is 4.78. The minimum absolute atomic E-state index is 0.174. The molecule has 1 fully saturated rings. The van der Waals surface area contributed by atoms with Crippen molar-refractivity contribution in [1.82, 2.24) is 0 Å². The third-order valence-corrected chi connectivity index (χ3v) is 1.12. The van der Waals surface area contributed by atoms with Crippen molar-refractivity contribution in [2.75, 3.05) is 19.8 Å². The highest BCUT2D eigenvalue weighted by atomic mass is 16.9. The van der Waals surface area contributed by atoms with Crippen molar-refractivity contribution in [2.24, 2.45) is 5.92 Å². The van der Waals surface area contributed by atoms with Crippen LogP contribution in [0.25, 0.3) is 0 Å². The average molecular weight is 133 g/mol. The molecule has 0 amide bonds. The van der Waals surface area contributed by atoms with E-state index < -0.39 is 5.09 Å². The van der Waals surface area contributed by atoms with Crippen LogP contribution in [0.4, 0.5) is 0 Å². The third kappa shape index (κ3) is 1.85. The molecule has 1 saturated heterocycles. The molecule has 0 bridgehead atoms. The maximum Gasteiger partial charge on any atom is 0.294 e. The van der Waals surface area contributed by atoms with Crippen LogP contribution in [-0.2, 0) is 9.57 Å². The van der Waals surface area contributed by atoms with Crippen molar-refractivity contribution in [3.05, 3.63) is 10.1 Å². The van der Waals surface area contributed by atoms with Crippen LogP contribution in [0.15, 0.2) is 0 Å². The number of hydrogen-bond donors (Lipinski definition) is 0. The summed E-state index contributed by atoms with van der Waals surface area (Å²) < 4.78 is 4.76. The molecule has 5 nitrogen and oxygen atoms in total. The molecule has 0 aromatic heterocycles. The molecular formula is C4H7NO4. The lowest BCUT2D eigenvalue weighted by atomic mass is 10.1. The Morgan fingerprint density at radius 2 is 2.44 bits per heavy atom. The zero-order chi connectivity index (χ0) is 6.69. The Bertz CT molecular complexity index is 111. The summed E-state index contributed by atoms with van der Waals surface area (Å²) in [5, 5.41) is 8.81. The summed E-state index contributed by atoms with van der Waals surface area (Å²) in [6.07, 6.45) is 0. The molecule has 0 radical (unpaired) electrons. The number of rotatable bonds is 3. The maximum absolute atomic E-state index is 9.59. The molecule has 0 saturated carbocycles. The van der Waals surface area contributed by atoms with Gasteiger partial charge in [0.1, 0.15) is 6.61 Å². The van der Waals surface area contributed by atoms with Gasteiger partial charge in [-0.3, -0.25) is 0 Å². The van der Waals surface area contributed by atoms with Gasteiger partial charge in [-0.1, -0.05) is 0 Å². The van der Waals surface area contributed by atoms with E-state index in [9.17, 15) is 10.1 Å². The van der Waals surface area contributed by atoms with Gasteiger partial charge in [0.25, 0.3) is 5.09 Å². The first-order chi connectivity index (χ1) is 4.29. The molecule has 1 heterocycles. The Kier molecular flexibility index (Phi) is 1.84. The van der Waals surface area contributed by atoms with Crippen LogP contribution in [0.2, 0.25) is 0 Å². The van der Waals surface area contributed by atoms with Gasteiger partial charge in [0.2, 0.25) is 0 Å². The van der Waals surface area contributed by atoms with Gasteiger partial charge < -0.3 is 9.57 Å². The molecular weight excluding hydrogens is 126 g/mol. The van der Waals surface area contributed by atoms with E-state index in [1.165, 1.54) is 0 Å². The minimum atomic E-state index is -0.779. The summed E-state index contributed by atoms with van der Waals surface area (Å²) in [4.78, 5) is 13.7. The lowest BCUT2D eigenvalue weighted by Crippen LogP contribution is -2.32. The van der Waals surface area contributed by atoms with Gasteiger partial charge in [0.05, 0.1) is 13.2 Å². The maximum atomic E-state index is 9.59. The van der Waals surface area contributed by atoms with Crippen molar-refractivity contribution in [3.63, 3.8) is 0 Å². The fourth-order valence-corrected chi connectivity index (χ4v) is 0.547. The predicted molar refractivity (Wildman–Crippen MR) is 27.3 cm³/mol. The quantitative estimate of drug-likeness (QED) is 0.396. The molecule has 5 heteroatoms. The number of ether oxygens (including phenoxy) is 1. The fraction of sp³-hybridized carbons (Fsp3) is 1.00. The van der Waals surface area contributed by atoms with E-state index >= 15 is 0 Å². The van der Waals surface area contributed by atoms with E-state index in [0.717, 1.165) is 0 Å². The molecule has 0 N–H and O–H groups in total. The highest BCUT2D eigenvalue weighted by Gasteiger charge is 2.19. The Morgan fingerprint density at radius 1 is 1.78 bits per heavy atom. The number of nitrogens with zero attached hydrogens (tertiary/aromatic N) is 1. The molecule has 0 unspecified atom stereocenters. The van der Waals surface area contributed by atoms with Crippen molar-refractivity contribution in [1.29, 1.82) is 0 Å². The molecule has 0 aromatic carbocycles. The molecule has 52 valence electrons. The van der Waals surface area contributed by atoms with Gasteiger partial charge in [-0.25, -0.2) is 0 Å². The van der Waals surface area contributed by atoms with Gasteiger partial charge >= 0.3 is 0 Å². The normalized spacial score (nSPS) is 18.7. The van der Waals surface area contributed by atoms with Crippen molar-refractivity contribution in [2.45, 2.75) is 0 Å². The standard InChI is InChI=1S/C4H7NO4/c6-5(7)9-3-4-1-8-2-4/h4H,1-3H2. The van der Waals surface area contributed by atoms with Crippen molar-refractivity contribution >= 4 is 0 Å². The van der Waals surface area contributed by atoms with Crippen LogP contribution in [0.5, 0.6) is 0 Å². The first-order valence-electron chi connectivity index (χ1n) is 2.64. The summed E-state index contributed by atoms with van der Waals surface area (Å²) in [5.41, 5.74) is 0. The largest absolute Gasteiger partial charge is 0.381 e. The second-order valence-electron chi connectivity index (χ2n) is 1.92. The smallest absolute Gasteiger partial charge is 0.294 e. The van der Waals surface area contributed by atoms with E-state index in [1.54, 1.807) is 0 Å². The van der Waals surface area contributed by atoms with E-state index in [0.29, 0.717) is 13.2 Å². The van der Waals surface area contributed by atoms with E-state index in [1.807, 2.05) is 0 Å². The lowest BCUT2D eigenvalue weighted by molar-refractivity contribution is -0.760. The van der Waals surface area contributed by atoms with Gasteiger partial charge in [0.15, 0.2) is 0 Å². The Morgan fingerprint density at radius 3 is 2.78 bits per heavy atom. The molecule has 1 aliphatic heterocycles. The molecule has 0 atom stereocenters. The predicted octanol–water partition coefficient (Wildman–Crippen LogP) is -0.159. The molecule has 9 heavy (non-hydrogen) atoms. The lowest BCUT2D eigenvalue weighted by Gasteiger charge is -2.24. The Hall–Kier alpha value is -0.840. The van der Waals surface area contributed by atoms with E-state index in [2.05, 4.69) is 4.84 Å². The van der Waals surface area contributed by atoms with Crippen molar-refractivity contribution < 1.29 is 14.7 Å². The van der Waals surface area contributed by atoms with Crippen LogP contribution < -0.4 is 0 Å². The van der Waals surface area contributed by atoms with E-state index in [-0.39, 0.29) is 12.5 Å². The topological polar surface area (TPSA) is 61.6 Å². The highest BCUT2D eigenvalue weighted by molar-refractivity contribution is 4.62. The van der Waals surface area contributed by atoms with Gasteiger partial charge in [0, 0.05) is 5.92 Å². The van der Waals surface area contributed by atoms with Crippen molar-refractivity contribution in [3.8, 4) is 0 Å². The summed E-state index contributed by atoms with van der Waals surface area (Å²) in [7, 11) is 0. The Labute approximate surface area is 51.7 Å². The second kappa shape index (κ2) is 2.63. The molecule has 0 spiro atoms. The average Bonchev–Trinajstić information content (AvgIpc) is 1.60. The summed E-state index contributed by atoms with van der Waals surface area (Å²) in [5.74, 6) is 0.232. The second-order valence-corrected chi connectivity index (χ2v) is 1.92. The van der Waals surface area contributed by atoms with E-state index in [4.69, 9.17) is 4.74 Å². The minimum Gasteiger partial charge on any atom is -0.381 e.